The predicted octanol–water partition coefficient (Wildman–Crippen LogP) is 3.17. The van der Waals surface area contributed by atoms with Gasteiger partial charge in [0, 0.05) is 12.7 Å². The first-order chi connectivity index (χ1) is 12.2. The van der Waals surface area contributed by atoms with Gasteiger partial charge in [0.05, 0.1) is 18.5 Å². The normalized spacial score (nSPS) is 10.3. The van der Waals surface area contributed by atoms with Crippen molar-refractivity contribution in [3.05, 3.63) is 50.7 Å². The van der Waals surface area contributed by atoms with Gasteiger partial charge in [-0.1, -0.05) is 17.7 Å². The van der Waals surface area contributed by atoms with Crippen molar-refractivity contribution in [2.45, 2.75) is 20.8 Å². The molecule has 1 heterocycles. The molecule has 2 rings (SSSR count). The Morgan fingerprint density at radius 3 is 2.23 bits per heavy atom. The third-order valence-corrected chi connectivity index (χ3v) is 4.93. The molecule has 1 N–H and O–H groups in total. The summed E-state index contributed by atoms with van der Waals surface area (Å²) in [6.07, 6.45) is 0. The molecular formula is C19H22N2O4S. The number of likely N-dealkylation sites (N-methyl/N-ethyl adjacent to an activating group) is 1. The van der Waals surface area contributed by atoms with E-state index in [0.29, 0.717) is 9.75 Å². The number of hydrogen-bond donors (Lipinski definition) is 1. The van der Waals surface area contributed by atoms with Crippen LogP contribution < -0.4 is 5.32 Å². The summed E-state index contributed by atoms with van der Waals surface area (Å²) in [5.74, 6) is -1.09. The Morgan fingerprint density at radius 2 is 1.65 bits per heavy atom. The first-order valence-corrected chi connectivity index (χ1v) is 8.86. The van der Waals surface area contributed by atoms with Crippen molar-refractivity contribution in [1.82, 2.24) is 4.90 Å². The number of nitrogens with zero attached hydrogens (tertiary/aromatic N) is 1. The van der Waals surface area contributed by atoms with E-state index in [9.17, 15) is 14.4 Å². The summed E-state index contributed by atoms with van der Waals surface area (Å²) in [5.41, 5.74) is 3.85. The van der Waals surface area contributed by atoms with E-state index in [2.05, 4.69) is 10.1 Å². The Labute approximate surface area is 156 Å². The number of benzene rings is 1. The second-order valence-corrected chi connectivity index (χ2v) is 7.22. The molecule has 0 saturated heterocycles. The number of ether oxygens (including phenoxy) is 1. The molecule has 0 spiro atoms. The van der Waals surface area contributed by atoms with Gasteiger partial charge in [-0.15, -0.1) is 11.3 Å². The molecule has 0 aliphatic heterocycles. The molecule has 0 atom stereocenters. The van der Waals surface area contributed by atoms with Crippen LogP contribution in [0.25, 0.3) is 0 Å². The van der Waals surface area contributed by atoms with E-state index < -0.39 is 5.97 Å². The van der Waals surface area contributed by atoms with E-state index in [-0.39, 0.29) is 18.4 Å². The fraction of sp³-hybridized carbons (Fsp3) is 0.316. The molecule has 26 heavy (non-hydrogen) atoms. The van der Waals surface area contributed by atoms with E-state index in [4.69, 9.17) is 0 Å². The van der Waals surface area contributed by atoms with Crippen LogP contribution in [0, 0.1) is 20.8 Å². The number of nitrogens with one attached hydrogen (secondary N) is 1. The van der Waals surface area contributed by atoms with E-state index in [1.807, 2.05) is 32.9 Å². The standard InChI is InChI=1S/C19H22N2O4S/c1-11-8-12(2)17(13(3)9-11)20-16(22)10-21(4)18(23)14-6-7-15(26-14)19(24)25-5/h6-9H,10H2,1-5H3,(H,20,22). The highest BCUT2D eigenvalue weighted by Crippen LogP contribution is 2.22. The van der Waals surface area contributed by atoms with Crippen LogP contribution in [0.4, 0.5) is 5.69 Å². The molecule has 1 aromatic heterocycles. The molecule has 2 aromatic rings. The molecule has 138 valence electrons. The van der Waals surface area contributed by atoms with Crippen LogP contribution in [0.15, 0.2) is 24.3 Å². The number of aryl methyl sites for hydroxylation is 3. The van der Waals surface area contributed by atoms with Gasteiger partial charge in [-0.2, -0.15) is 0 Å². The van der Waals surface area contributed by atoms with Gasteiger partial charge in [0.1, 0.15) is 4.88 Å². The van der Waals surface area contributed by atoms with Crippen molar-refractivity contribution in [2.75, 3.05) is 26.0 Å². The minimum atomic E-state index is -0.486. The highest BCUT2D eigenvalue weighted by Gasteiger charge is 2.19. The maximum Gasteiger partial charge on any atom is 0.348 e. The molecule has 6 nitrogen and oxygen atoms in total. The van der Waals surface area contributed by atoms with Crippen molar-refractivity contribution < 1.29 is 19.1 Å². The minimum Gasteiger partial charge on any atom is -0.465 e. The quantitative estimate of drug-likeness (QED) is 0.816. The summed E-state index contributed by atoms with van der Waals surface area (Å²) in [6.45, 7) is 5.79. The molecule has 1 aromatic carbocycles. The molecule has 0 saturated carbocycles. The lowest BCUT2D eigenvalue weighted by Crippen LogP contribution is -2.34. The van der Waals surface area contributed by atoms with E-state index >= 15 is 0 Å². The van der Waals surface area contributed by atoms with Crippen molar-refractivity contribution in [3.8, 4) is 0 Å². The fourth-order valence-corrected chi connectivity index (χ4v) is 3.61. The molecule has 0 bridgehead atoms. The molecular weight excluding hydrogens is 352 g/mol. The average molecular weight is 374 g/mol. The molecule has 0 aliphatic carbocycles. The summed E-state index contributed by atoms with van der Waals surface area (Å²) >= 11 is 1.04. The summed E-state index contributed by atoms with van der Waals surface area (Å²) in [6, 6.07) is 7.09. The van der Waals surface area contributed by atoms with Gasteiger partial charge in [0.25, 0.3) is 5.91 Å². The Morgan fingerprint density at radius 1 is 1.08 bits per heavy atom. The Hall–Kier alpha value is -2.67. The number of amides is 2. The maximum atomic E-state index is 12.4. The number of carbonyl (C=O) groups is 3. The van der Waals surface area contributed by atoms with Gasteiger partial charge in [0.2, 0.25) is 5.91 Å². The van der Waals surface area contributed by atoms with Gasteiger partial charge in [0.15, 0.2) is 0 Å². The topological polar surface area (TPSA) is 75.7 Å². The Kier molecular flexibility index (Phi) is 6.15. The molecule has 0 radical (unpaired) electrons. The lowest BCUT2D eigenvalue weighted by Gasteiger charge is -2.18. The van der Waals surface area contributed by atoms with E-state index in [1.54, 1.807) is 13.1 Å². The first-order valence-electron chi connectivity index (χ1n) is 8.04. The van der Waals surface area contributed by atoms with Gasteiger partial charge < -0.3 is 15.0 Å². The van der Waals surface area contributed by atoms with Crippen molar-refractivity contribution in [3.63, 3.8) is 0 Å². The predicted molar refractivity (Wildman–Crippen MR) is 102 cm³/mol. The highest BCUT2D eigenvalue weighted by molar-refractivity contribution is 7.15. The maximum absolute atomic E-state index is 12.4. The lowest BCUT2D eigenvalue weighted by molar-refractivity contribution is -0.116. The SMILES string of the molecule is COC(=O)c1ccc(C(=O)N(C)CC(=O)Nc2c(C)cc(C)cc2C)s1. The summed E-state index contributed by atoms with van der Waals surface area (Å²) < 4.78 is 4.63. The molecule has 2 amide bonds. The van der Waals surface area contributed by atoms with Crippen molar-refractivity contribution in [2.24, 2.45) is 0 Å². The second-order valence-electron chi connectivity index (χ2n) is 6.14. The smallest absolute Gasteiger partial charge is 0.348 e. The fourth-order valence-electron chi connectivity index (χ4n) is 2.69. The van der Waals surface area contributed by atoms with Crippen LogP contribution in [0.5, 0.6) is 0 Å². The van der Waals surface area contributed by atoms with E-state index in [1.165, 1.54) is 18.1 Å². The molecule has 7 heteroatoms. The molecule has 0 fully saturated rings. The number of hydrogen-bond acceptors (Lipinski definition) is 5. The second kappa shape index (κ2) is 8.14. The average Bonchev–Trinajstić information content (AvgIpc) is 3.06. The van der Waals surface area contributed by atoms with Crippen LogP contribution >= 0.6 is 11.3 Å². The third-order valence-electron chi connectivity index (χ3n) is 3.87. The number of thiophene rings is 1. The summed E-state index contributed by atoms with van der Waals surface area (Å²) in [5, 5.41) is 2.87. The number of carbonyl (C=O) groups excluding carboxylic acids is 3. The lowest BCUT2D eigenvalue weighted by atomic mass is 10.1. The van der Waals surface area contributed by atoms with Gasteiger partial charge in [-0.25, -0.2) is 4.79 Å². The van der Waals surface area contributed by atoms with Crippen LogP contribution in [-0.4, -0.2) is 43.4 Å². The number of esters is 1. The van der Waals surface area contributed by atoms with Crippen LogP contribution in [0.2, 0.25) is 0 Å². The zero-order valence-electron chi connectivity index (χ0n) is 15.5. The third kappa shape index (κ3) is 4.49. The Balaban J connectivity index is 2.04. The van der Waals surface area contributed by atoms with Crippen molar-refractivity contribution in [1.29, 1.82) is 0 Å². The van der Waals surface area contributed by atoms with Gasteiger partial charge in [-0.3, -0.25) is 9.59 Å². The van der Waals surface area contributed by atoms with Gasteiger partial charge in [-0.05, 0) is 44.0 Å². The van der Waals surface area contributed by atoms with Crippen LogP contribution in [-0.2, 0) is 9.53 Å². The Bertz CT molecular complexity index is 834. The van der Waals surface area contributed by atoms with Crippen molar-refractivity contribution >= 4 is 34.8 Å². The molecule has 0 unspecified atom stereocenters. The van der Waals surface area contributed by atoms with E-state index in [0.717, 1.165) is 33.7 Å². The minimum absolute atomic E-state index is 0.0863. The highest BCUT2D eigenvalue weighted by atomic mass is 32.1. The first kappa shape index (κ1) is 19.7. The summed E-state index contributed by atoms with van der Waals surface area (Å²) in [4.78, 5) is 38.3. The zero-order chi connectivity index (χ0) is 19.4. The number of methoxy groups -OCH3 is 1. The monoisotopic (exact) mass is 374 g/mol. The molecule has 0 aliphatic rings. The zero-order valence-corrected chi connectivity index (χ0v) is 16.3. The van der Waals surface area contributed by atoms with Crippen LogP contribution in [0.1, 0.15) is 36.0 Å². The van der Waals surface area contributed by atoms with Gasteiger partial charge >= 0.3 is 5.97 Å². The van der Waals surface area contributed by atoms with Crippen LogP contribution in [0.3, 0.4) is 0 Å². The number of rotatable bonds is 5. The number of anilines is 1. The largest absolute Gasteiger partial charge is 0.465 e. The summed E-state index contributed by atoms with van der Waals surface area (Å²) in [7, 11) is 2.84.